The molecule has 0 saturated heterocycles. The number of nitrogens with zero attached hydrogens (tertiary/aromatic N) is 6. The highest BCUT2D eigenvalue weighted by Crippen LogP contribution is 2.48. The summed E-state index contributed by atoms with van der Waals surface area (Å²) < 4.78 is 14.6. The summed E-state index contributed by atoms with van der Waals surface area (Å²) in [5.74, 6) is 0. The lowest BCUT2D eigenvalue weighted by Crippen LogP contribution is -1.96. The summed E-state index contributed by atoms with van der Waals surface area (Å²) in [5, 5.41) is 15.2. The molecule has 0 amide bonds. The molecule has 0 fully saturated rings. The summed E-state index contributed by atoms with van der Waals surface area (Å²) in [6.45, 7) is 0. The minimum atomic E-state index is 1.15. The third-order valence-electron chi connectivity index (χ3n) is 26.7. The van der Waals surface area contributed by atoms with Crippen LogP contribution in [0.3, 0.4) is 0 Å². The van der Waals surface area contributed by atoms with Crippen molar-refractivity contribution >= 4 is 131 Å². The summed E-state index contributed by atoms with van der Waals surface area (Å²) in [7, 11) is 0. The quantitative estimate of drug-likeness (QED) is 0.117. The van der Waals surface area contributed by atoms with Gasteiger partial charge in [0, 0.05) is 98.8 Å². The molecule has 132 heavy (non-hydrogen) atoms. The van der Waals surface area contributed by atoms with Gasteiger partial charge in [-0.05, 0) is 200 Å². The van der Waals surface area contributed by atoms with Gasteiger partial charge in [-0.2, -0.15) is 0 Å². The summed E-state index contributed by atoms with van der Waals surface area (Å²) in [6.07, 6.45) is 0. The van der Waals surface area contributed by atoms with Gasteiger partial charge in [0.15, 0.2) is 0 Å². The van der Waals surface area contributed by atoms with Gasteiger partial charge in [0.2, 0.25) is 0 Å². The molecule has 6 nitrogen and oxygen atoms in total. The molecule has 0 unspecified atom stereocenters. The maximum atomic E-state index is 2.46. The Kier molecular flexibility index (Phi) is 18.8. The van der Waals surface area contributed by atoms with Crippen LogP contribution in [0.15, 0.2) is 510 Å². The van der Waals surface area contributed by atoms with Gasteiger partial charge in [-0.15, -0.1) is 0 Å². The van der Waals surface area contributed by atoms with Crippen LogP contribution in [0.1, 0.15) is 0 Å². The first-order valence-electron chi connectivity index (χ1n) is 45.4. The first kappa shape index (κ1) is 76.8. The van der Waals surface area contributed by atoms with E-state index in [1.165, 1.54) is 215 Å². The Morgan fingerprint density at radius 2 is 0.288 bits per heavy atom. The van der Waals surface area contributed by atoms with Crippen LogP contribution in [0.4, 0.5) is 0 Å². The third kappa shape index (κ3) is 13.0. The van der Waals surface area contributed by atoms with Crippen molar-refractivity contribution in [1.29, 1.82) is 0 Å². The van der Waals surface area contributed by atoms with E-state index in [9.17, 15) is 0 Å². The smallest absolute Gasteiger partial charge is 0.0641 e. The highest BCUT2D eigenvalue weighted by atomic mass is 15.0. The van der Waals surface area contributed by atoms with Gasteiger partial charge in [0.05, 0.1) is 66.2 Å². The van der Waals surface area contributed by atoms with E-state index in [1.807, 2.05) is 0 Å². The van der Waals surface area contributed by atoms with E-state index in [1.54, 1.807) is 0 Å². The summed E-state index contributed by atoms with van der Waals surface area (Å²) in [5.41, 5.74) is 36.2. The van der Waals surface area contributed by atoms with Crippen molar-refractivity contribution in [3.05, 3.63) is 510 Å². The number of hydrogen-bond acceptors (Lipinski definition) is 0. The molecule has 0 aliphatic rings. The summed E-state index contributed by atoms with van der Waals surface area (Å²) in [6, 6.07) is 184. The molecule has 0 bridgehead atoms. The van der Waals surface area contributed by atoms with Crippen LogP contribution in [0, 0.1) is 0 Å². The monoisotopic (exact) mass is 1680 g/mol. The molecule has 0 radical (unpaired) electrons. The minimum Gasteiger partial charge on any atom is -0.309 e. The standard InChI is InChI=1S/3C42H28N2/c1-4-14-29(15-5-1)31-26-32(30-16-6-2-7-17-30)28-34(27-31)43-39-23-13-11-21-37(39)41-40(43)25-24-36-35-20-10-12-22-38(35)44(42(36)41)33-18-8-3-9-19-33;1-3-11-29(12-4-1)30-19-21-31(22-20-30)32-23-25-34(26-24-32)43-39-18-10-8-16-37(39)41-40(43)28-27-36-35-15-7-9-17-38(35)44(42(36)41)33-13-5-2-6-14-33;1-3-11-29(12-4-1)30-19-21-31(22-20-30)32-23-25-34(26-24-32)44-38-17-9-7-15-35(38)36-27-28-40-41(42(36)44)37-16-8-10-18-39(37)43(40)33-13-5-2-6-14-33/h3*1-28H. The van der Waals surface area contributed by atoms with Crippen LogP contribution in [0.25, 0.3) is 232 Å². The molecule has 0 saturated carbocycles. The Labute approximate surface area is 763 Å². The maximum absolute atomic E-state index is 2.46. The number of para-hydroxylation sites is 9. The third-order valence-corrected chi connectivity index (χ3v) is 26.7. The Hall–Kier alpha value is -17.6. The Bertz CT molecular complexity index is 8980. The van der Waals surface area contributed by atoms with Crippen molar-refractivity contribution in [1.82, 2.24) is 27.4 Å². The Morgan fingerprint density at radius 1 is 0.0985 bits per heavy atom. The molecule has 6 aromatic heterocycles. The second-order valence-electron chi connectivity index (χ2n) is 34.2. The lowest BCUT2D eigenvalue weighted by atomic mass is 9.98. The summed E-state index contributed by atoms with van der Waals surface area (Å²) in [4.78, 5) is 0. The van der Waals surface area contributed by atoms with Gasteiger partial charge in [0.1, 0.15) is 0 Å². The van der Waals surface area contributed by atoms with Gasteiger partial charge in [-0.3, -0.25) is 0 Å². The highest BCUT2D eigenvalue weighted by Gasteiger charge is 2.26. The largest absolute Gasteiger partial charge is 0.309 e. The number of rotatable bonds is 12. The average molecular weight is 1680 g/mol. The number of aromatic nitrogens is 6. The molecule has 0 aliphatic carbocycles. The fourth-order valence-electron chi connectivity index (χ4n) is 20.8. The first-order valence-corrected chi connectivity index (χ1v) is 45.4. The first-order chi connectivity index (χ1) is 65.5. The zero-order valence-electron chi connectivity index (χ0n) is 72.2. The molecule has 618 valence electrons. The normalized spacial score (nSPS) is 11.6. The van der Waals surface area contributed by atoms with Crippen LogP contribution in [0.2, 0.25) is 0 Å². The zero-order valence-corrected chi connectivity index (χ0v) is 72.2. The highest BCUT2D eigenvalue weighted by molar-refractivity contribution is 6.29. The van der Waals surface area contributed by atoms with E-state index < -0.39 is 0 Å². The van der Waals surface area contributed by atoms with Crippen molar-refractivity contribution in [3.8, 4) is 101 Å². The molecule has 21 aromatic carbocycles. The van der Waals surface area contributed by atoms with Crippen molar-refractivity contribution in [2.75, 3.05) is 0 Å². The lowest BCUT2D eigenvalue weighted by Gasteiger charge is -2.14. The van der Waals surface area contributed by atoms with Gasteiger partial charge < -0.3 is 27.4 Å². The minimum absolute atomic E-state index is 1.15. The number of hydrogen-bond donors (Lipinski definition) is 0. The topological polar surface area (TPSA) is 29.6 Å². The fraction of sp³-hybridized carbons (Fsp3) is 0. The van der Waals surface area contributed by atoms with Gasteiger partial charge in [-0.1, -0.05) is 376 Å². The Morgan fingerprint density at radius 3 is 0.568 bits per heavy atom. The van der Waals surface area contributed by atoms with Crippen LogP contribution >= 0.6 is 0 Å². The van der Waals surface area contributed by atoms with E-state index in [2.05, 4.69) is 537 Å². The lowest BCUT2D eigenvalue weighted by molar-refractivity contribution is 1.17. The zero-order chi connectivity index (χ0) is 87.1. The van der Waals surface area contributed by atoms with Crippen LogP contribution < -0.4 is 0 Å². The van der Waals surface area contributed by atoms with Crippen LogP contribution in [0.5, 0.6) is 0 Å². The van der Waals surface area contributed by atoms with E-state index in [4.69, 9.17) is 0 Å². The predicted octanol–water partition coefficient (Wildman–Crippen LogP) is 33.6. The van der Waals surface area contributed by atoms with E-state index in [-0.39, 0.29) is 0 Å². The SMILES string of the molecule is c1ccc(-c2cc(-c3ccccc3)cc(-n3c4ccccc4c4c3ccc3c5ccccc5n(-c5ccccc5)c34)c2)cc1.c1ccc(-c2ccc(-c3ccc(-n4c5ccccc5c5c4ccc4c6ccccc6n(-c6ccccc6)c45)cc3)cc2)cc1.c1ccc(-c2ccc(-c3ccc(-n4c5ccccc5c5ccc6c(c7ccccc7n6-c6ccccc6)c54)cc3)cc2)cc1. The second-order valence-corrected chi connectivity index (χ2v) is 34.2. The maximum Gasteiger partial charge on any atom is 0.0641 e. The van der Waals surface area contributed by atoms with Crippen molar-refractivity contribution in [2.24, 2.45) is 0 Å². The number of benzene rings is 21. The molecule has 0 spiro atoms. The molecule has 27 rings (SSSR count). The van der Waals surface area contributed by atoms with Crippen LogP contribution in [-0.4, -0.2) is 27.4 Å². The number of fused-ring (bicyclic) bond motifs is 21. The van der Waals surface area contributed by atoms with Gasteiger partial charge in [-0.25, -0.2) is 0 Å². The summed E-state index contributed by atoms with van der Waals surface area (Å²) >= 11 is 0. The molecular formula is C126H84N6. The van der Waals surface area contributed by atoms with Crippen molar-refractivity contribution < 1.29 is 0 Å². The molecule has 0 N–H and O–H groups in total. The fourth-order valence-corrected chi connectivity index (χ4v) is 20.8. The van der Waals surface area contributed by atoms with E-state index in [0.29, 0.717) is 0 Å². The molecule has 0 atom stereocenters. The molecule has 6 heteroatoms. The molecule has 0 aliphatic heterocycles. The second kappa shape index (κ2) is 32.4. The van der Waals surface area contributed by atoms with Crippen LogP contribution in [-0.2, 0) is 0 Å². The van der Waals surface area contributed by atoms with Gasteiger partial charge in [0.25, 0.3) is 0 Å². The molecule has 6 heterocycles. The van der Waals surface area contributed by atoms with E-state index >= 15 is 0 Å². The van der Waals surface area contributed by atoms with E-state index in [0.717, 1.165) is 17.1 Å². The molecular weight excluding hydrogens is 1600 g/mol. The van der Waals surface area contributed by atoms with Crippen molar-refractivity contribution in [3.63, 3.8) is 0 Å². The molecule has 27 aromatic rings. The van der Waals surface area contributed by atoms with Crippen molar-refractivity contribution in [2.45, 2.75) is 0 Å². The predicted molar refractivity (Wildman–Crippen MR) is 558 cm³/mol. The average Bonchev–Trinajstić information content (AvgIpc) is 1.55. The Balaban J connectivity index is 0.000000106. The van der Waals surface area contributed by atoms with Gasteiger partial charge >= 0.3 is 0 Å².